The van der Waals surface area contributed by atoms with Gasteiger partial charge in [0.2, 0.25) is 0 Å². The number of carbonyl (C=O) groups is 1. The molecule has 5 nitrogen and oxygen atoms in total. The molecule has 0 radical (unpaired) electrons. The maximum Gasteiger partial charge on any atom is 0.260 e. The molecule has 0 saturated carbocycles. The molecule has 31 heavy (non-hydrogen) atoms. The number of benzene rings is 3. The number of thioether (sulfide) groups is 1. The lowest BCUT2D eigenvalue weighted by Gasteiger charge is -2.22. The lowest BCUT2D eigenvalue weighted by molar-refractivity contribution is 0.0984. The van der Waals surface area contributed by atoms with Gasteiger partial charge >= 0.3 is 0 Å². The average Bonchev–Trinajstić information content (AvgIpc) is 3.26. The van der Waals surface area contributed by atoms with Crippen LogP contribution in [0, 0.1) is 0 Å². The Morgan fingerprint density at radius 3 is 2.65 bits per heavy atom. The number of rotatable bonds is 5. The van der Waals surface area contributed by atoms with Gasteiger partial charge in [0.25, 0.3) is 5.91 Å². The van der Waals surface area contributed by atoms with Gasteiger partial charge < -0.3 is 9.47 Å². The van der Waals surface area contributed by atoms with E-state index >= 15 is 0 Å². The Hall–Kier alpha value is -3.03. The summed E-state index contributed by atoms with van der Waals surface area (Å²) in [7, 11) is 0. The molecule has 156 valence electrons. The van der Waals surface area contributed by atoms with E-state index in [1.165, 1.54) is 11.3 Å². The van der Waals surface area contributed by atoms with Crippen LogP contribution < -0.4 is 14.4 Å². The molecule has 0 atom stereocenters. The molecule has 1 amide bonds. The first-order chi connectivity index (χ1) is 15.2. The molecular weight excluding hydrogens is 428 g/mol. The number of hydrogen-bond donors (Lipinski definition) is 0. The number of carbonyl (C=O) groups excluding carboxylic acids is 1. The highest BCUT2D eigenvalue weighted by Gasteiger charge is 2.24. The van der Waals surface area contributed by atoms with Gasteiger partial charge in [-0.3, -0.25) is 9.69 Å². The molecule has 0 spiro atoms. The fourth-order valence-corrected chi connectivity index (χ4v) is 5.13. The summed E-state index contributed by atoms with van der Waals surface area (Å²) in [6.45, 7) is 1.43. The number of fused-ring (bicyclic) bond motifs is 2. The fourth-order valence-electron chi connectivity index (χ4n) is 3.52. The van der Waals surface area contributed by atoms with Crippen LogP contribution in [0.4, 0.5) is 5.13 Å². The minimum absolute atomic E-state index is 0.120. The summed E-state index contributed by atoms with van der Waals surface area (Å²) in [5, 5.41) is 0.681. The molecule has 3 aromatic carbocycles. The summed E-state index contributed by atoms with van der Waals surface area (Å²) in [6, 6.07) is 21.4. The number of nitrogens with zero attached hydrogens (tertiary/aromatic N) is 2. The highest BCUT2D eigenvalue weighted by Crippen LogP contribution is 2.36. The number of thiazole rings is 1. The van der Waals surface area contributed by atoms with Gasteiger partial charge in [-0.2, -0.15) is 0 Å². The number of amides is 1. The van der Waals surface area contributed by atoms with Crippen LogP contribution in [0.3, 0.4) is 0 Å². The Bertz CT molecular complexity index is 1240. The van der Waals surface area contributed by atoms with Crippen LogP contribution in [0.1, 0.15) is 15.9 Å². The average molecular weight is 449 g/mol. The van der Waals surface area contributed by atoms with Crippen LogP contribution in [0.5, 0.6) is 11.5 Å². The largest absolute Gasteiger partial charge is 0.486 e. The van der Waals surface area contributed by atoms with Crippen LogP contribution in [0.15, 0.2) is 71.6 Å². The van der Waals surface area contributed by atoms with Crippen molar-refractivity contribution in [2.24, 2.45) is 0 Å². The second kappa shape index (κ2) is 8.61. The highest BCUT2D eigenvalue weighted by atomic mass is 32.2. The maximum atomic E-state index is 13.7. The molecule has 0 saturated heterocycles. The van der Waals surface area contributed by atoms with Crippen molar-refractivity contribution in [3.05, 3.63) is 77.9 Å². The third-order valence-corrected chi connectivity index (χ3v) is 6.85. The van der Waals surface area contributed by atoms with Crippen molar-refractivity contribution in [2.75, 3.05) is 24.4 Å². The van der Waals surface area contributed by atoms with E-state index in [4.69, 9.17) is 14.5 Å². The summed E-state index contributed by atoms with van der Waals surface area (Å²) in [5.41, 5.74) is 2.52. The summed E-state index contributed by atoms with van der Waals surface area (Å²) in [5.74, 6) is 1.15. The molecule has 4 aromatic rings. The Morgan fingerprint density at radius 2 is 1.84 bits per heavy atom. The van der Waals surface area contributed by atoms with Crippen molar-refractivity contribution in [2.45, 2.75) is 11.4 Å². The Balaban J connectivity index is 1.56. The van der Waals surface area contributed by atoms with E-state index in [1.807, 2.05) is 48.7 Å². The first kappa shape index (κ1) is 19.9. The number of anilines is 1. The van der Waals surface area contributed by atoms with Gasteiger partial charge in [0.1, 0.15) is 13.2 Å². The molecule has 1 aliphatic rings. The molecule has 0 aliphatic carbocycles. The van der Waals surface area contributed by atoms with Crippen LogP contribution >= 0.6 is 23.1 Å². The summed E-state index contributed by atoms with van der Waals surface area (Å²) in [6.07, 6.45) is 2.04. The van der Waals surface area contributed by atoms with Crippen LogP contribution in [0.2, 0.25) is 0 Å². The molecule has 0 N–H and O–H groups in total. The van der Waals surface area contributed by atoms with Gasteiger partial charge in [-0.15, -0.1) is 11.8 Å². The lowest BCUT2D eigenvalue weighted by Crippen LogP contribution is -2.30. The quantitative estimate of drug-likeness (QED) is 0.370. The number of aromatic nitrogens is 1. The zero-order valence-corrected chi connectivity index (χ0v) is 18.5. The molecule has 2 heterocycles. The van der Waals surface area contributed by atoms with Gasteiger partial charge in [-0.1, -0.05) is 47.7 Å². The summed E-state index contributed by atoms with van der Waals surface area (Å²) < 4.78 is 12.4. The smallest absolute Gasteiger partial charge is 0.260 e. The van der Waals surface area contributed by atoms with E-state index in [1.54, 1.807) is 34.9 Å². The zero-order chi connectivity index (χ0) is 21.2. The van der Waals surface area contributed by atoms with Gasteiger partial charge in [-0.25, -0.2) is 4.98 Å². The zero-order valence-electron chi connectivity index (χ0n) is 16.9. The normalized spacial score (nSPS) is 12.7. The van der Waals surface area contributed by atoms with Crippen molar-refractivity contribution in [3.8, 4) is 11.5 Å². The van der Waals surface area contributed by atoms with Crippen molar-refractivity contribution in [1.29, 1.82) is 0 Å². The van der Waals surface area contributed by atoms with Crippen LogP contribution in [-0.4, -0.2) is 30.4 Å². The predicted molar refractivity (Wildman–Crippen MR) is 126 cm³/mol. The SMILES string of the molecule is CSc1cccc2sc(N(Cc3ccccc3)C(=O)c3ccc4c(c3)OCCO4)nc12. The molecule has 0 bridgehead atoms. The first-order valence-electron chi connectivity index (χ1n) is 9.92. The van der Waals surface area contributed by atoms with Crippen LogP contribution in [-0.2, 0) is 6.54 Å². The van der Waals surface area contributed by atoms with E-state index in [0.717, 1.165) is 20.7 Å². The minimum Gasteiger partial charge on any atom is -0.486 e. The standard InChI is InChI=1S/C24H20N2O3S2/c1-30-20-8-5-9-21-22(20)25-24(31-21)26(15-16-6-3-2-4-7-16)23(27)17-10-11-18-19(14-17)29-13-12-28-18/h2-11,14H,12-13,15H2,1H3. The maximum absolute atomic E-state index is 13.7. The first-order valence-corrected chi connectivity index (χ1v) is 12.0. The van der Waals surface area contributed by atoms with Gasteiger partial charge in [0.15, 0.2) is 16.6 Å². The predicted octanol–water partition coefficient (Wildman–Crippen LogP) is 5.64. The van der Waals surface area contributed by atoms with E-state index in [-0.39, 0.29) is 5.91 Å². The third-order valence-electron chi connectivity index (χ3n) is 5.04. The summed E-state index contributed by atoms with van der Waals surface area (Å²) in [4.78, 5) is 21.4. The fraction of sp³-hybridized carbons (Fsp3) is 0.167. The molecule has 0 unspecified atom stereocenters. The van der Waals surface area contributed by atoms with Gasteiger partial charge in [0, 0.05) is 10.5 Å². The number of ether oxygens (including phenoxy) is 2. The van der Waals surface area contributed by atoms with E-state index in [2.05, 4.69) is 6.07 Å². The Morgan fingerprint density at radius 1 is 1.03 bits per heavy atom. The van der Waals surface area contributed by atoms with Crippen molar-refractivity contribution >= 4 is 44.4 Å². The summed E-state index contributed by atoms with van der Waals surface area (Å²) >= 11 is 3.19. The minimum atomic E-state index is -0.120. The molecule has 7 heteroatoms. The van der Waals surface area contributed by atoms with E-state index < -0.39 is 0 Å². The number of para-hydroxylation sites is 1. The third kappa shape index (κ3) is 3.98. The Kier molecular flexibility index (Phi) is 5.53. The molecular formula is C24H20N2O3S2. The molecule has 1 aliphatic heterocycles. The lowest BCUT2D eigenvalue weighted by atomic mass is 10.1. The molecule has 1 aromatic heterocycles. The molecule has 0 fully saturated rings. The van der Waals surface area contributed by atoms with Gasteiger partial charge in [0.05, 0.1) is 16.8 Å². The van der Waals surface area contributed by atoms with Crippen molar-refractivity contribution < 1.29 is 14.3 Å². The highest BCUT2D eigenvalue weighted by molar-refractivity contribution is 7.98. The topological polar surface area (TPSA) is 51.7 Å². The second-order valence-corrected chi connectivity index (χ2v) is 8.90. The van der Waals surface area contributed by atoms with Gasteiger partial charge in [-0.05, 0) is 42.2 Å². The number of hydrogen-bond acceptors (Lipinski definition) is 6. The van der Waals surface area contributed by atoms with E-state index in [0.29, 0.717) is 42.0 Å². The van der Waals surface area contributed by atoms with Crippen molar-refractivity contribution in [1.82, 2.24) is 4.98 Å². The second-order valence-electron chi connectivity index (χ2n) is 7.04. The van der Waals surface area contributed by atoms with Crippen molar-refractivity contribution in [3.63, 3.8) is 0 Å². The Labute approximate surface area is 188 Å². The molecule has 5 rings (SSSR count). The van der Waals surface area contributed by atoms with Crippen LogP contribution in [0.25, 0.3) is 10.2 Å². The van der Waals surface area contributed by atoms with E-state index in [9.17, 15) is 4.79 Å². The monoisotopic (exact) mass is 448 g/mol.